The van der Waals surface area contributed by atoms with Gasteiger partial charge in [0.15, 0.2) is 0 Å². The second-order valence-corrected chi connectivity index (χ2v) is 5.43. The van der Waals surface area contributed by atoms with Crippen molar-refractivity contribution in [3.05, 3.63) is 12.7 Å². The lowest BCUT2D eigenvalue weighted by atomic mass is 9.72. The van der Waals surface area contributed by atoms with E-state index < -0.39 is 0 Å². The van der Waals surface area contributed by atoms with Crippen LogP contribution in [0.15, 0.2) is 12.7 Å². The van der Waals surface area contributed by atoms with Gasteiger partial charge in [0, 0.05) is 4.43 Å². The molecule has 0 spiro atoms. The molecular weight excluding hydrogens is 303 g/mol. The highest BCUT2D eigenvalue weighted by Crippen LogP contribution is 2.40. The topological polar surface area (TPSA) is 26.3 Å². The quantitative estimate of drug-likeness (QED) is 0.343. The second kappa shape index (κ2) is 5.87. The first-order valence-corrected chi connectivity index (χ1v) is 6.99. The van der Waals surface area contributed by atoms with Gasteiger partial charge in [0.25, 0.3) is 0 Å². The normalized spacial score (nSPS) is 30.9. The van der Waals surface area contributed by atoms with Gasteiger partial charge in [0.05, 0.1) is 5.41 Å². The number of hydrogen-bond donors (Lipinski definition) is 0. The van der Waals surface area contributed by atoms with Gasteiger partial charge in [-0.15, -0.1) is 0 Å². The minimum absolute atomic E-state index is 0.0469. The second-order valence-electron chi connectivity index (χ2n) is 4.55. The molecule has 1 rings (SSSR count). The maximum absolute atomic E-state index is 11.8. The fraction of sp³-hybridized carbons (Fsp3) is 0.750. The molecule has 0 unspecified atom stereocenters. The van der Waals surface area contributed by atoms with Gasteiger partial charge < -0.3 is 4.74 Å². The Bertz CT molecular complexity index is 230. The Morgan fingerprint density at radius 1 is 1.60 bits per heavy atom. The monoisotopic (exact) mass is 322 g/mol. The number of ether oxygens (including phenoxy) is 1. The van der Waals surface area contributed by atoms with Gasteiger partial charge in [0.2, 0.25) is 0 Å². The van der Waals surface area contributed by atoms with Crippen LogP contribution in [0.1, 0.15) is 32.6 Å². The van der Waals surface area contributed by atoms with Crippen molar-refractivity contribution in [2.24, 2.45) is 11.3 Å². The highest BCUT2D eigenvalue weighted by atomic mass is 127. The molecule has 1 aliphatic rings. The molecule has 1 aliphatic carbocycles. The molecule has 0 amide bonds. The molecule has 0 aliphatic heterocycles. The van der Waals surface area contributed by atoms with Gasteiger partial charge in [-0.25, -0.2) is 0 Å². The standard InChI is InChI=1S/C12H19IO2/c1-3-8-15-11(14)12(2)6-4-10(9-13)5-7-12/h3,10H,1,4-9H2,2H3. The Morgan fingerprint density at radius 2 is 2.20 bits per heavy atom. The Hall–Kier alpha value is -0.0600. The summed E-state index contributed by atoms with van der Waals surface area (Å²) in [5, 5.41) is 0. The van der Waals surface area contributed by atoms with E-state index in [9.17, 15) is 4.79 Å². The van der Waals surface area contributed by atoms with Crippen molar-refractivity contribution in [1.82, 2.24) is 0 Å². The number of alkyl halides is 1. The molecule has 0 aromatic heterocycles. The van der Waals surface area contributed by atoms with E-state index in [2.05, 4.69) is 29.2 Å². The van der Waals surface area contributed by atoms with Crippen LogP contribution in [0.4, 0.5) is 0 Å². The highest BCUT2D eigenvalue weighted by Gasteiger charge is 2.38. The summed E-state index contributed by atoms with van der Waals surface area (Å²) < 4.78 is 6.35. The van der Waals surface area contributed by atoms with Gasteiger partial charge in [-0.1, -0.05) is 35.2 Å². The van der Waals surface area contributed by atoms with E-state index in [0.717, 1.165) is 31.6 Å². The van der Waals surface area contributed by atoms with E-state index >= 15 is 0 Å². The average molecular weight is 322 g/mol. The molecule has 0 radical (unpaired) electrons. The van der Waals surface area contributed by atoms with Crippen molar-refractivity contribution >= 4 is 28.6 Å². The third-order valence-corrected chi connectivity index (χ3v) is 4.50. The molecule has 1 fully saturated rings. The fourth-order valence-electron chi connectivity index (χ4n) is 1.98. The Balaban J connectivity index is 2.46. The van der Waals surface area contributed by atoms with Gasteiger partial charge in [-0.3, -0.25) is 4.79 Å². The molecular formula is C12H19IO2. The molecule has 15 heavy (non-hydrogen) atoms. The van der Waals surface area contributed by atoms with Crippen LogP contribution >= 0.6 is 22.6 Å². The first-order chi connectivity index (χ1) is 7.12. The largest absolute Gasteiger partial charge is 0.461 e. The molecule has 0 heterocycles. The van der Waals surface area contributed by atoms with Crippen molar-refractivity contribution in [2.45, 2.75) is 32.6 Å². The van der Waals surface area contributed by atoms with Crippen LogP contribution in [-0.4, -0.2) is 17.0 Å². The predicted molar refractivity (Wildman–Crippen MR) is 70.1 cm³/mol. The maximum atomic E-state index is 11.8. The highest BCUT2D eigenvalue weighted by molar-refractivity contribution is 14.1. The summed E-state index contributed by atoms with van der Waals surface area (Å²) in [6.07, 6.45) is 5.87. The van der Waals surface area contributed by atoms with Gasteiger partial charge in [0.1, 0.15) is 6.61 Å². The summed E-state index contributed by atoms with van der Waals surface area (Å²) in [7, 11) is 0. The molecule has 0 aromatic rings. The summed E-state index contributed by atoms with van der Waals surface area (Å²) >= 11 is 2.43. The number of esters is 1. The van der Waals surface area contributed by atoms with Crippen LogP contribution in [0, 0.1) is 11.3 Å². The number of carbonyl (C=O) groups excluding carboxylic acids is 1. The Morgan fingerprint density at radius 3 is 2.67 bits per heavy atom. The number of carbonyl (C=O) groups is 1. The van der Waals surface area contributed by atoms with Crippen molar-refractivity contribution in [2.75, 3.05) is 11.0 Å². The molecule has 2 nitrogen and oxygen atoms in total. The maximum Gasteiger partial charge on any atom is 0.312 e. The van der Waals surface area contributed by atoms with Crippen molar-refractivity contribution in [3.63, 3.8) is 0 Å². The van der Waals surface area contributed by atoms with E-state index in [-0.39, 0.29) is 11.4 Å². The lowest BCUT2D eigenvalue weighted by Crippen LogP contribution is -2.34. The number of hydrogen-bond acceptors (Lipinski definition) is 2. The molecule has 0 N–H and O–H groups in total. The molecule has 0 bridgehead atoms. The third-order valence-electron chi connectivity index (χ3n) is 3.25. The smallest absolute Gasteiger partial charge is 0.312 e. The summed E-state index contributed by atoms with van der Waals surface area (Å²) in [5.41, 5.74) is -0.245. The minimum Gasteiger partial charge on any atom is -0.461 e. The average Bonchev–Trinajstić information content (AvgIpc) is 2.27. The molecule has 1 saturated carbocycles. The van der Waals surface area contributed by atoms with Crippen LogP contribution in [0.2, 0.25) is 0 Å². The third kappa shape index (κ3) is 3.47. The first kappa shape index (κ1) is 13.0. The molecule has 3 heteroatoms. The Labute approximate surface area is 106 Å². The zero-order valence-electron chi connectivity index (χ0n) is 9.30. The SMILES string of the molecule is C=CCOC(=O)C1(C)CCC(CI)CC1. The van der Waals surface area contributed by atoms with E-state index in [0.29, 0.717) is 6.61 Å². The van der Waals surface area contributed by atoms with Gasteiger partial charge in [-0.05, 0) is 38.5 Å². The zero-order chi connectivity index (χ0) is 11.3. The summed E-state index contributed by atoms with van der Waals surface area (Å²) in [5.74, 6) is 0.750. The zero-order valence-corrected chi connectivity index (χ0v) is 11.5. The van der Waals surface area contributed by atoms with Gasteiger partial charge in [-0.2, -0.15) is 0 Å². The number of rotatable bonds is 4. The molecule has 86 valence electrons. The molecule has 0 aromatic carbocycles. The lowest BCUT2D eigenvalue weighted by Gasteiger charge is -2.34. The fourth-order valence-corrected chi connectivity index (χ4v) is 2.86. The number of halogens is 1. The van der Waals surface area contributed by atoms with Gasteiger partial charge >= 0.3 is 5.97 Å². The summed E-state index contributed by atoms with van der Waals surface area (Å²) in [6.45, 7) is 5.91. The van der Waals surface area contributed by atoms with Crippen LogP contribution in [-0.2, 0) is 9.53 Å². The Kier molecular flexibility index (Phi) is 5.09. The molecule has 0 saturated heterocycles. The first-order valence-electron chi connectivity index (χ1n) is 5.46. The van der Waals surface area contributed by atoms with E-state index in [1.807, 2.05) is 6.92 Å². The van der Waals surface area contributed by atoms with Crippen LogP contribution < -0.4 is 0 Å². The van der Waals surface area contributed by atoms with Crippen molar-refractivity contribution in [3.8, 4) is 0 Å². The minimum atomic E-state index is -0.245. The summed E-state index contributed by atoms with van der Waals surface area (Å²) in [6, 6.07) is 0. The summed E-state index contributed by atoms with van der Waals surface area (Å²) in [4.78, 5) is 11.8. The predicted octanol–water partition coefficient (Wildman–Crippen LogP) is 3.35. The van der Waals surface area contributed by atoms with Crippen molar-refractivity contribution < 1.29 is 9.53 Å². The van der Waals surface area contributed by atoms with E-state index in [1.54, 1.807) is 6.08 Å². The van der Waals surface area contributed by atoms with E-state index in [4.69, 9.17) is 4.74 Å². The van der Waals surface area contributed by atoms with Crippen LogP contribution in [0.3, 0.4) is 0 Å². The van der Waals surface area contributed by atoms with Crippen molar-refractivity contribution in [1.29, 1.82) is 0 Å². The lowest BCUT2D eigenvalue weighted by molar-refractivity contribution is -0.156. The van der Waals surface area contributed by atoms with Crippen LogP contribution in [0.25, 0.3) is 0 Å². The van der Waals surface area contributed by atoms with E-state index in [1.165, 1.54) is 4.43 Å². The van der Waals surface area contributed by atoms with Crippen LogP contribution in [0.5, 0.6) is 0 Å². The molecule has 0 atom stereocenters.